The summed E-state index contributed by atoms with van der Waals surface area (Å²) < 4.78 is 0. The van der Waals surface area contributed by atoms with Crippen molar-refractivity contribution in [2.45, 2.75) is 60.8 Å². The normalized spacial score (nSPS) is 16.6. The van der Waals surface area contributed by atoms with Crippen molar-refractivity contribution >= 4 is 11.6 Å². The van der Waals surface area contributed by atoms with Gasteiger partial charge in [-0.25, -0.2) is 0 Å². The van der Waals surface area contributed by atoms with Gasteiger partial charge >= 0.3 is 0 Å². The molecule has 2 heteroatoms. The van der Waals surface area contributed by atoms with Gasteiger partial charge in [0.1, 0.15) is 11.6 Å². The number of rotatable bonds is 8. The third-order valence-electron chi connectivity index (χ3n) is 3.59. The second kappa shape index (κ2) is 7.62. The molecule has 100 valence electrons. The van der Waals surface area contributed by atoms with Crippen molar-refractivity contribution < 1.29 is 9.59 Å². The summed E-state index contributed by atoms with van der Waals surface area (Å²) >= 11 is 0. The van der Waals surface area contributed by atoms with E-state index in [-0.39, 0.29) is 29.3 Å². The van der Waals surface area contributed by atoms with E-state index >= 15 is 0 Å². The highest BCUT2D eigenvalue weighted by Crippen LogP contribution is 2.23. The van der Waals surface area contributed by atoms with E-state index < -0.39 is 0 Å². The maximum atomic E-state index is 12.3. The highest BCUT2D eigenvalue weighted by atomic mass is 16.2. The largest absolute Gasteiger partial charge is 0.299 e. The molecule has 0 amide bonds. The van der Waals surface area contributed by atoms with Gasteiger partial charge in [-0.3, -0.25) is 9.59 Å². The number of carbonyl (C=O) groups excluding carboxylic acids is 2. The van der Waals surface area contributed by atoms with E-state index in [2.05, 4.69) is 13.8 Å². The molecule has 0 saturated heterocycles. The predicted molar refractivity (Wildman–Crippen MR) is 71.9 cm³/mol. The monoisotopic (exact) mass is 240 g/mol. The highest BCUT2D eigenvalue weighted by Gasteiger charge is 2.31. The minimum atomic E-state index is -0.375. The van der Waals surface area contributed by atoms with Crippen LogP contribution in [0.5, 0.6) is 0 Å². The molecule has 0 aliphatic heterocycles. The number of Topliss-reactive ketones (excluding diaryl/α,β-unsaturated/α-hetero) is 2. The molecule has 0 aliphatic carbocycles. The Balaban J connectivity index is 4.87. The van der Waals surface area contributed by atoms with E-state index in [9.17, 15) is 9.59 Å². The highest BCUT2D eigenvalue weighted by molar-refractivity contribution is 6.04. The van der Waals surface area contributed by atoms with Crippen LogP contribution in [0, 0.1) is 23.7 Å². The molecule has 17 heavy (non-hydrogen) atoms. The Hall–Kier alpha value is -0.660. The van der Waals surface area contributed by atoms with Crippen molar-refractivity contribution in [1.82, 2.24) is 0 Å². The molecule has 0 aromatic rings. The second-order valence-electron chi connectivity index (χ2n) is 5.61. The van der Waals surface area contributed by atoms with Crippen LogP contribution in [-0.4, -0.2) is 11.6 Å². The first-order chi connectivity index (χ1) is 7.84. The molecule has 0 bridgehead atoms. The van der Waals surface area contributed by atoms with Crippen LogP contribution >= 0.6 is 0 Å². The zero-order valence-corrected chi connectivity index (χ0v) is 12.2. The lowest BCUT2D eigenvalue weighted by atomic mass is 9.79. The van der Waals surface area contributed by atoms with Gasteiger partial charge in [0.25, 0.3) is 0 Å². The third-order valence-corrected chi connectivity index (χ3v) is 3.59. The van der Waals surface area contributed by atoms with Crippen LogP contribution in [0.15, 0.2) is 0 Å². The molecule has 0 rings (SSSR count). The number of hydrogen-bond acceptors (Lipinski definition) is 2. The Kier molecular flexibility index (Phi) is 7.33. The average Bonchev–Trinajstić information content (AvgIpc) is 2.31. The molecular formula is C15H28O2. The van der Waals surface area contributed by atoms with Gasteiger partial charge < -0.3 is 0 Å². The van der Waals surface area contributed by atoms with Gasteiger partial charge in [0.2, 0.25) is 0 Å². The molecular weight excluding hydrogens is 212 g/mol. The summed E-state index contributed by atoms with van der Waals surface area (Å²) in [5.41, 5.74) is 0. The Morgan fingerprint density at radius 2 is 1.18 bits per heavy atom. The zero-order valence-electron chi connectivity index (χ0n) is 12.2. The Morgan fingerprint density at radius 1 is 0.824 bits per heavy atom. The van der Waals surface area contributed by atoms with E-state index in [1.54, 1.807) is 0 Å². The molecule has 0 radical (unpaired) electrons. The van der Waals surface area contributed by atoms with Gasteiger partial charge in [-0.05, 0) is 25.2 Å². The van der Waals surface area contributed by atoms with E-state index in [1.807, 2.05) is 27.7 Å². The lowest BCUT2D eigenvalue weighted by Crippen LogP contribution is -2.33. The van der Waals surface area contributed by atoms with Crippen molar-refractivity contribution in [3.8, 4) is 0 Å². The van der Waals surface area contributed by atoms with Crippen LogP contribution in [-0.2, 0) is 9.59 Å². The third kappa shape index (κ3) is 5.01. The summed E-state index contributed by atoms with van der Waals surface area (Å²) in [4.78, 5) is 24.5. The maximum absolute atomic E-state index is 12.3. The summed E-state index contributed by atoms with van der Waals surface area (Å²) in [5.74, 6) is 0.317. The molecule has 0 N–H and O–H groups in total. The van der Waals surface area contributed by atoms with Crippen LogP contribution in [0.2, 0.25) is 0 Å². The fourth-order valence-electron chi connectivity index (χ4n) is 1.93. The quantitative estimate of drug-likeness (QED) is 0.603. The molecule has 0 saturated carbocycles. The summed E-state index contributed by atoms with van der Waals surface area (Å²) in [6.45, 7) is 12.0. The molecule has 0 spiro atoms. The summed E-state index contributed by atoms with van der Waals surface area (Å²) in [7, 11) is 0. The van der Waals surface area contributed by atoms with Gasteiger partial charge in [0, 0.05) is 11.8 Å². The summed E-state index contributed by atoms with van der Waals surface area (Å²) in [6, 6.07) is 0. The standard InChI is InChI=1S/C15H28O2/c1-7-11(5)14(16)13(9-10(3)4)15(17)12(6)8-2/h10-13H,7-9H2,1-6H3. The SMILES string of the molecule is CCC(C)C(=O)C(CC(C)C)C(=O)C(C)CC. The van der Waals surface area contributed by atoms with Crippen LogP contribution in [0.1, 0.15) is 60.8 Å². The number of hydrogen-bond donors (Lipinski definition) is 0. The van der Waals surface area contributed by atoms with E-state index in [1.165, 1.54) is 0 Å². The van der Waals surface area contributed by atoms with Crippen LogP contribution < -0.4 is 0 Å². The molecule has 0 aromatic carbocycles. The van der Waals surface area contributed by atoms with Crippen molar-refractivity contribution in [2.75, 3.05) is 0 Å². The molecule has 0 fully saturated rings. The number of ketones is 2. The molecule has 0 aliphatic rings. The lowest BCUT2D eigenvalue weighted by molar-refractivity contribution is -0.137. The lowest BCUT2D eigenvalue weighted by Gasteiger charge is -2.22. The summed E-state index contributed by atoms with van der Waals surface area (Å²) in [6.07, 6.45) is 2.34. The summed E-state index contributed by atoms with van der Waals surface area (Å²) in [5, 5.41) is 0. The Bertz CT molecular complexity index is 234. The minimum Gasteiger partial charge on any atom is -0.299 e. The van der Waals surface area contributed by atoms with Gasteiger partial charge in [0.05, 0.1) is 5.92 Å². The first-order valence-corrected chi connectivity index (χ1v) is 6.92. The van der Waals surface area contributed by atoms with E-state index in [4.69, 9.17) is 0 Å². The van der Waals surface area contributed by atoms with Crippen LogP contribution in [0.3, 0.4) is 0 Å². The van der Waals surface area contributed by atoms with Gasteiger partial charge in [-0.1, -0.05) is 41.5 Å². The minimum absolute atomic E-state index is 0.00626. The fraction of sp³-hybridized carbons (Fsp3) is 0.867. The fourth-order valence-corrected chi connectivity index (χ4v) is 1.93. The van der Waals surface area contributed by atoms with Crippen LogP contribution in [0.25, 0.3) is 0 Å². The van der Waals surface area contributed by atoms with Crippen molar-refractivity contribution in [1.29, 1.82) is 0 Å². The smallest absolute Gasteiger partial charge is 0.146 e. The topological polar surface area (TPSA) is 34.1 Å². The molecule has 0 aromatic heterocycles. The molecule has 2 nitrogen and oxygen atoms in total. The Labute approximate surface area is 106 Å². The molecule has 2 unspecified atom stereocenters. The van der Waals surface area contributed by atoms with Crippen LogP contribution in [0.4, 0.5) is 0 Å². The zero-order chi connectivity index (χ0) is 13.6. The second-order valence-corrected chi connectivity index (χ2v) is 5.61. The van der Waals surface area contributed by atoms with Crippen molar-refractivity contribution in [3.63, 3.8) is 0 Å². The molecule has 2 atom stereocenters. The predicted octanol–water partition coefficient (Wildman–Crippen LogP) is 3.88. The number of carbonyl (C=O) groups is 2. The van der Waals surface area contributed by atoms with Gasteiger partial charge in [-0.15, -0.1) is 0 Å². The average molecular weight is 240 g/mol. The molecule has 0 heterocycles. The first kappa shape index (κ1) is 16.3. The van der Waals surface area contributed by atoms with Gasteiger partial charge in [-0.2, -0.15) is 0 Å². The van der Waals surface area contributed by atoms with Crippen molar-refractivity contribution in [2.24, 2.45) is 23.7 Å². The van der Waals surface area contributed by atoms with Gasteiger partial charge in [0.15, 0.2) is 0 Å². The first-order valence-electron chi connectivity index (χ1n) is 6.92. The maximum Gasteiger partial charge on any atom is 0.146 e. The van der Waals surface area contributed by atoms with E-state index in [0.717, 1.165) is 12.8 Å². The van der Waals surface area contributed by atoms with Crippen molar-refractivity contribution in [3.05, 3.63) is 0 Å². The Morgan fingerprint density at radius 3 is 1.41 bits per heavy atom. The van der Waals surface area contributed by atoms with E-state index in [0.29, 0.717) is 12.3 Å².